The van der Waals surface area contributed by atoms with Crippen LogP contribution in [0.5, 0.6) is 0 Å². The Morgan fingerprint density at radius 3 is 2.50 bits per heavy atom. The molecule has 0 saturated heterocycles. The van der Waals surface area contributed by atoms with Gasteiger partial charge >= 0.3 is 0 Å². The first kappa shape index (κ1) is 14.8. The van der Waals surface area contributed by atoms with Crippen molar-refractivity contribution >= 4 is 16.0 Å². The van der Waals surface area contributed by atoms with Gasteiger partial charge in [-0.05, 0) is 12.8 Å². The van der Waals surface area contributed by atoms with E-state index in [1.54, 1.807) is 14.2 Å². The largest absolute Gasteiger partial charge is 0.385 e. The smallest absolute Gasteiger partial charge is 0.243 e. The number of hydrogen-bond acceptors (Lipinski definition) is 6. The number of sulfonamides is 1. The van der Waals surface area contributed by atoms with E-state index < -0.39 is 10.0 Å². The summed E-state index contributed by atoms with van der Waals surface area (Å²) in [5.74, 6) is 0.383. The quantitative estimate of drug-likeness (QED) is 0.659. The van der Waals surface area contributed by atoms with Gasteiger partial charge in [0.25, 0.3) is 0 Å². The van der Waals surface area contributed by atoms with Gasteiger partial charge in [0.2, 0.25) is 16.0 Å². The van der Waals surface area contributed by atoms with Gasteiger partial charge in [-0.25, -0.2) is 23.1 Å². The number of aromatic nitrogens is 2. The minimum atomic E-state index is -3.52. The van der Waals surface area contributed by atoms with Gasteiger partial charge in [0, 0.05) is 27.3 Å². The fourth-order valence-electron chi connectivity index (χ4n) is 1.25. The molecule has 0 bridgehead atoms. The van der Waals surface area contributed by atoms with Crippen LogP contribution in [0.2, 0.25) is 0 Å². The fourth-order valence-corrected chi connectivity index (χ4v) is 2.21. The van der Waals surface area contributed by atoms with Crippen molar-refractivity contribution in [2.45, 2.75) is 17.7 Å². The van der Waals surface area contributed by atoms with Crippen LogP contribution in [0.15, 0.2) is 17.3 Å². The normalized spacial score (nSPS) is 11.4. The predicted octanol–water partition coefficient (Wildman–Crippen LogP) is 0.223. The molecule has 7 nitrogen and oxygen atoms in total. The molecule has 0 spiro atoms. The van der Waals surface area contributed by atoms with Crippen molar-refractivity contribution < 1.29 is 13.2 Å². The Hall–Kier alpha value is -1.25. The molecule has 18 heavy (non-hydrogen) atoms. The number of ether oxygens (including phenoxy) is 1. The highest BCUT2D eigenvalue weighted by molar-refractivity contribution is 7.89. The van der Waals surface area contributed by atoms with Gasteiger partial charge in [0.05, 0.1) is 12.4 Å². The van der Waals surface area contributed by atoms with Gasteiger partial charge in [0.15, 0.2) is 0 Å². The van der Waals surface area contributed by atoms with E-state index in [1.165, 1.54) is 12.4 Å². The Labute approximate surface area is 107 Å². The molecular formula is C10H18N4O3S. The van der Waals surface area contributed by atoms with Crippen molar-refractivity contribution in [1.82, 2.24) is 14.7 Å². The van der Waals surface area contributed by atoms with E-state index >= 15 is 0 Å². The molecule has 1 heterocycles. The molecule has 0 unspecified atom stereocenters. The van der Waals surface area contributed by atoms with Crippen molar-refractivity contribution in [2.24, 2.45) is 0 Å². The van der Waals surface area contributed by atoms with Gasteiger partial charge in [0.1, 0.15) is 4.90 Å². The summed E-state index contributed by atoms with van der Waals surface area (Å²) >= 11 is 0. The molecule has 0 aromatic carbocycles. The monoisotopic (exact) mass is 274 g/mol. The van der Waals surface area contributed by atoms with E-state index in [1.807, 2.05) is 0 Å². The summed E-state index contributed by atoms with van der Waals surface area (Å²) in [7, 11) is -0.236. The summed E-state index contributed by atoms with van der Waals surface area (Å²) in [6, 6.07) is 0. The molecule has 2 N–H and O–H groups in total. The van der Waals surface area contributed by atoms with Gasteiger partial charge in [-0.2, -0.15) is 0 Å². The SMILES string of the molecule is CNc1ncc(S(=O)(=O)NCCCCOC)cn1. The Balaban J connectivity index is 2.51. The van der Waals surface area contributed by atoms with E-state index in [-0.39, 0.29) is 4.90 Å². The molecule has 0 saturated carbocycles. The lowest BCUT2D eigenvalue weighted by Gasteiger charge is -2.06. The third-order valence-electron chi connectivity index (χ3n) is 2.23. The van der Waals surface area contributed by atoms with Gasteiger partial charge < -0.3 is 10.1 Å². The summed E-state index contributed by atoms with van der Waals surface area (Å²) in [4.78, 5) is 7.78. The van der Waals surface area contributed by atoms with Crippen LogP contribution in [-0.4, -0.2) is 45.7 Å². The Morgan fingerprint density at radius 2 is 1.94 bits per heavy atom. The fraction of sp³-hybridized carbons (Fsp3) is 0.600. The lowest BCUT2D eigenvalue weighted by atomic mass is 10.3. The summed E-state index contributed by atoms with van der Waals surface area (Å²) in [5.41, 5.74) is 0. The lowest BCUT2D eigenvalue weighted by Crippen LogP contribution is -2.25. The zero-order chi connectivity index (χ0) is 13.4. The van der Waals surface area contributed by atoms with Crippen LogP contribution in [-0.2, 0) is 14.8 Å². The molecule has 102 valence electrons. The first-order chi connectivity index (χ1) is 8.60. The highest BCUT2D eigenvalue weighted by Crippen LogP contribution is 2.06. The molecule has 1 rings (SSSR count). The standard InChI is InChI=1S/C10H18N4O3S/c1-11-10-12-7-9(8-13-10)18(15,16)14-5-3-4-6-17-2/h7-8,14H,3-6H2,1-2H3,(H,11,12,13). The molecule has 8 heteroatoms. The molecule has 0 fully saturated rings. The summed E-state index contributed by atoms with van der Waals surface area (Å²) in [6.45, 7) is 1.00. The van der Waals surface area contributed by atoms with Crippen LogP contribution in [0.3, 0.4) is 0 Å². The number of anilines is 1. The molecular weight excluding hydrogens is 256 g/mol. The summed E-state index contributed by atoms with van der Waals surface area (Å²) in [6.07, 6.45) is 4.09. The van der Waals surface area contributed by atoms with Crippen LogP contribution in [0.25, 0.3) is 0 Å². The number of nitrogens with zero attached hydrogens (tertiary/aromatic N) is 2. The summed E-state index contributed by atoms with van der Waals surface area (Å²) < 4.78 is 31.0. The number of nitrogens with one attached hydrogen (secondary N) is 2. The van der Waals surface area contributed by atoms with Crippen LogP contribution in [0, 0.1) is 0 Å². The van der Waals surface area contributed by atoms with E-state index in [0.717, 1.165) is 12.8 Å². The van der Waals surface area contributed by atoms with E-state index in [0.29, 0.717) is 19.1 Å². The predicted molar refractivity (Wildman–Crippen MR) is 67.9 cm³/mol. The number of methoxy groups -OCH3 is 1. The van der Waals surface area contributed by atoms with Crippen LogP contribution in [0.4, 0.5) is 5.95 Å². The molecule has 0 aliphatic heterocycles. The van der Waals surface area contributed by atoms with Crippen molar-refractivity contribution in [3.8, 4) is 0 Å². The second-order valence-corrected chi connectivity index (χ2v) is 5.36. The first-order valence-corrected chi connectivity index (χ1v) is 7.07. The van der Waals surface area contributed by atoms with Gasteiger partial charge in [-0.1, -0.05) is 0 Å². The number of unbranched alkanes of at least 4 members (excludes halogenated alkanes) is 1. The molecule has 1 aromatic rings. The zero-order valence-electron chi connectivity index (χ0n) is 10.5. The van der Waals surface area contributed by atoms with Crippen molar-refractivity contribution in [3.05, 3.63) is 12.4 Å². The third-order valence-corrected chi connectivity index (χ3v) is 3.64. The minimum absolute atomic E-state index is 0.0632. The molecule has 0 aliphatic carbocycles. The molecule has 1 aromatic heterocycles. The molecule has 0 atom stereocenters. The first-order valence-electron chi connectivity index (χ1n) is 5.58. The Kier molecular flexibility index (Phi) is 5.96. The van der Waals surface area contributed by atoms with Gasteiger partial charge in [-0.15, -0.1) is 0 Å². The maximum Gasteiger partial charge on any atom is 0.243 e. The average Bonchev–Trinajstić information content (AvgIpc) is 2.38. The van der Waals surface area contributed by atoms with Gasteiger partial charge in [-0.3, -0.25) is 0 Å². The van der Waals surface area contributed by atoms with E-state index in [9.17, 15) is 8.42 Å². The molecule has 0 aliphatic rings. The Morgan fingerprint density at radius 1 is 1.28 bits per heavy atom. The molecule has 0 amide bonds. The van der Waals surface area contributed by atoms with E-state index in [4.69, 9.17) is 4.74 Å². The van der Waals surface area contributed by atoms with Crippen LogP contribution >= 0.6 is 0 Å². The van der Waals surface area contributed by atoms with Crippen molar-refractivity contribution in [3.63, 3.8) is 0 Å². The zero-order valence-corrected chi connectivity index (χ0v) is 11.3. The maximum atomic E-state index is 11.8. The highest BCUT2D eigenvalue weighted by atomic mass is 32.2. The maximum absolute atomic E-state index is 11.8. The van der Waals surface area contributed by atoms with Crippen molar-refractivity contribution in [2.75, 3.05) is 32.6 Å². The molecule has 0 radical (unpaired) electrons. The number of hydrogen-bond donors (Lipinski definition) is 2. The topological polar surface area (TPSA) is 93.2 Å². The minimum Gasteiger partial charge on any atom is -0.385 e. The lowest BCUT2D eigenvalue weighted by molar-refractivity contribution is 0.193. The van der Waals surface area contributed by atoms with Crippen LogP contribution < -0.4 is 10.0 Å². The summed E-state index contributed by atoms with van der Waals surface area (Å²) in [5, 5.41) is 2.72. The van der Waals surface area contributed by atoms with E-state index in [2.05, 4.69) is 20.0 Å². The third kappa shape index (κ3) is 4.55. The Bertz CT molecular complexity index is 447. The van der Waals surface area contributed by atoms with Crippen LogP contribution in [0.1, 0.15) is 12.8 Å². The average molecular weight is 274 g/mol. The number of rotatable bonds is 8. The second kappa shape index (κ2) is 7.24. The highest BCUT2D eigenvalue weighted by Gasteiger charge is 2.14. The second-order valence-electron chi connectivity index (χ2n) is 3.59. The van der Waals surface area contributed by atoms with Crippen molar-refractivity contribution in [1.29, 1.82) is 0 Å².